The molecule has 2 aromatic rings. The molecule has 0 bridgehead atoms. The molecule has 0 aliphatic carbocycles. The van der Waals surface area contributed by atoms with Crippen LogP contribution in [0.2, 0.25) is 5.02 Å². The average Bonchev–Trinajstić information content (AvgIpc) is 2.85. The number of fused-ring (bicyclic) bond motifs is 1. The molecule has 0 saturated carbocycles. The molecule has 100 valence electrons. The summed E-state index contributed by atoms with van der Waals surface area (Å²) in [5.41, 5.74) is 0.501. The monoisotopic (exact) mass is 319 g/mol. The summed E-state index contributed by atoms with van der Waals surface area (Å²) in [5.74, 6) is 0.520. The van der Waals surface area contributed by atoms with Crippen LogP contribution in [0, 0.1) is 0 Å². The second-order valence-electron chi connectivity index (χ2n) is 4.03. The second-order valence-corrected chi connectivity index (χ2v) is 5.53. The zero-order valence-electron chi connectivity index (χ0n) is 9.76. The molecule has 0 spiro atoms. The van der Waals surface area contributed by atoms with Gasteiger partial charge >= 0.3 is 29.6 Å². The first-order valence-corrected chi connectivity index (χ1v) is 7.01. The fraction of sp³-hybridized carbons (Fsp3) is 0.167. The number of aromatic nitrogens is 2. The topological polar surface area (TPSA) is 67.2 Å². The van der Waals surface area contributed by atoms with Crippen molar-refractivity contribution in [3.63, 3.8) is 0 Å². The summed E-state index contributed by atoms with van der Waals surface area (Å²) in [5, 5.41) is 13.9. The molecule has 0 saturated heterocycles. The normalized spacial score (nSPS) is 12.7. The van der Waals surface area contributed by atoms with Crippen molar-refractivity contribution in [2.45, 2.75) is 11.7 Å². The van der Waals surface area contributed by atoms with Crippen molar-refractivity contribution < 1.29 is 5.11 Å². The van der Waals surface area contributed by atoms with Crippen molar-refractivity contribution >= 4 is 64.3 Å². The van der Waals surface area contributed by atoms with Gasteiger partial charge in [0.2, 0.25) is 5.88 Å². The molecule has 20 heavy (non-hydrogen) atoms. The summed E-state index contributed by atoms with van der Waals surface area (Å²) in [7, 11) is 0. The molecule has 1 aliphatic heterocycles. The minimum atomic E-state index is -0.277. The van der Waals surface area contributed by atoms with Gasteiger partial charge in [0.25, 0.3) is 5.56 Å². The number of nitrogens with one attached hydrogen (secondary N) is 1. The number of hydrogen-bond acceptors (Lipinski definition) is 5. The maximum atomic E-state index is 12.2. The summed E-state index contributed by atoms with van der Waals surface area (Å²) in [6, 6.07) is 6.87. The van der Waals surface area contributed by atoms with E-state index in [0.717, 1.165) is 5.75 Å². The molecule has 0 amide bonds. The van der Waals surface area contributed by atoms with Crippen LogP contribution in [0.5, 0.6) is 5.88 Å². The number of hydrogen-bond donors (Lipinski definition) is 2. The first-order chi connectivity index (χ1) is 9.15. The van der Waals surface area contributed by atoms with Crippen molar-refractivity contribution in [3.8, 4) is 5.88 Å². The van der Waals surface area contributed by atoms with Crippen LogP contribution in [-0.4, -0.2) is 50.0 Å². The summed E-state index contributed by atoms with van der Waals surface area (Å²) in [6.07, 6.45) is 0. The molecule has 2 heterocycles. The SMILES string of the molecule is O=c1c(Nc2ccc(Cl)cc2)c(O)nc2n1CCS2.[NaH]. The van der Waals surface area contributed by atoms with Gasteiger partial charge in [0.1, 0.15) is 0 Å². The van der Waals surface area contributed by atoms with Crippen molar-refractivity contribution in [1.82, 2.24) is 9.55 Å². The third-order valence-corrected chi connectivity index (χ3v) is 3.98. The predicted molar refractivity (Wildman–Crippen MR) is 82.8 cm³/mol. The molecule has 3 rings (SSSR count). The first kappa shape index (κ1) is 15.7. The molecule has 1 aliphatic rings. The Balaban J connectivity index is 0.00000147. The van der Waals surface area contributed by atoms with Crippen molar-refractivity contribution in [2.75, 3.05) is 11.1 Å². The van der Waals surface area contributed by atoms with Crippen LogP contribution in [0.1, 0.15) is 0 Å². The van der Waals surface area contributed by atoms with E-state index in [1.807, 2.05) is 0 Å². The molecule has 1 aromatic carbocycles. The molecule has 0 atom stereocenters. The number of rotatable bonds is 2. The number of benzene rings is 1. The average molecular weight is 320 g/mol. The van der Waals surface area contributed by atoms with Gasteiger partial charge in [0, 0.05) is 23.0 Å². The van der Waals surface area contributed by atoms with Crippen molar-refractivity contribution in [1.29, 1.82) is 0 Å². The van der Waals surface area contributed by atoms with E-state index < -0.39 is 0 Å². The fourth-order valence-corrected chi connectivity index (χ4v) is 2.91. The molecule has 1 aromatic heterocycles. The molecule has 0 radical (unpaired) electrons. The zero-order valence-corrected chi connectivity index (χ0v) is 11.3. The van der Waals surface area contributed by atoms with E-state index in [-0.39, 0.29) is 46.7 Å². The molecular weight excluding hydrogens is 309 g/mol. The molecule has 5 nitrogen and oxygen atoms in total. The van der Waals surface area contributed by atoms with Crippen LogP contribution in [0.25, 0.3) is 0 Å². The summed E-state index contributed by atoms with van der Waals surface area (Å²) in [4.78, 5) is 16.2. The predicted octanol–water partition coefficient (Wildman–Crippen LogP) is 1.80. The van der Waals surface area contributed by atoms with Crippen LogP contribution in [0.15, 0.2) is 34.2 Å². The van der Waals surface area contributed by atoms with Gasteiger partial charge in [-0.15, -0.1) is 0 Å². The third kappa shape index (κ3) is 2.99. The number of halogens is 1. The minimum absolute atomic E-state index is 0. The summed E-state index contributed by atoms with van der Waals surface area (Å²) < 4.78 is 1.56. The first-order valence-electron chi connectivity index (χ1n) is 5.64. The molecule has 2 N–H and O–H groups in total. The molecule has 0 fully saturated rings. The van der Waals surface area contributed by atoms with Crippen molar-refractivity contribution in [3.05, 3.63) is 39.6 Å². The Morgan fingerprint density at radius 1 is 1.35 bits per heavy atom. The quantitative estimate of drug-likeness (QED) is 0.652. The Morgan fingerprint density at radius 3 is 2.75 bits per heavy atom. The third-order valence-electron chi connectivity index (χ3n) is 2.77. The Hall–Kier alpha value is -0.660. The number of aromatic hydroxyl groups is 1. The molecular formula is C12H11ClN3NaO2S. The Kier molecular flexibility index (Phi) is 5.04. The van der Waals surface area contributed by atoms with E-state index in [9.17, 15) is 9.90 Å². The van der Waals surface area contributed by atoms with Gasteiger partial charge in [-0.3, -0.25) is 9.36 Å². The van der Waals surface area contributed by atoms with E-state index in [4.69, 9.17) is 11.6 Å². The molecule has 8 heteroatoms. The Labute approximate surface area is 146 Å². The molecule has 0 unspecified atom stereocenters. The summed E-state index contributed by atoms with van der Waals surface area (Å²) in [6.45, 7) is 0.613. The number of anilines is 2. The fourth-order valence-electron chi connectivity index (χ4n) is 1.85. The number of nitrogens with zero attached hydrogens (tertiary/aromatic N) is 2. The van der Waals surface area contributed by atoms with Gasteiger partial charge in [-0.1, -0.05) is 23.4 Å². The van der Waals surface area contributed by atoms with E-state index in [0.29, 0.717) is 22.4 Å². The van der Waals surface area contributed by atoms with Gasteiger partial charge in [-0.05, 0) is 24.3 Å². The van der Waals surface area contributed by atoms with Crippen LogP contribution >= 0.6 is 23.4 Å². The standard InChI is InChI=1S/C12H10ClN3O2S.Na.H/c13-7-1-3-8(4-2-7)14-9-10(17)15-12-16(11(9)18)5-6-19-12;;/h1-4,14,17H,5-6H2;;. The van der Waals surface area contributed by atoms with Crippen LogP contribution in [-0.2, 0) is 6.54 Å². The van der Waals surface area contributed by atoms with Crippen LogP contribution in [0.4, 0.5) is 11.4 Å². The van der Waals surface area contributed by atoms with E-state index >= 15 is 0 Å². The van der Waals surface area contributed by atoms with Gasteiger partial charge in [-0.2, -0.15) is 4.98 Å². The Morgan fingerprint density at radius 2 is 2.05 bits per heavy atom. The van der Waals surface area contributed by atoms with Gasteiger partial charge in [0.15, 0.2) is 10.8 Å². The van der Waals surface area contributed by atoms with Gasteiger partial charge in [0.05, 0.1) is 0 Å². The maximum absolute atomic E-state index is 12.2. The van der Waals surface area contributed by atoms with E-state index in [1.165, 1.54) is 11.8 Å². The van der Waals surface area contributed by atoms with Crippen LogP contribution < -0.4 is 10.9 Å². The van der Waals surface area contributed by atoms with Gasteiger partial charge in [-0.25, -0.2) is 0 Å². The van der Waals surface area contributed by atoms with Crippen LogP contribution in [0.3, 0.4) is 0 Å². The summed E-state index contributed by atoms with van der Waals surface area (Å²) >= 11 is 7.26. The Bertz CT molecular complexity index is 690. The second kappa shape index (κ2) is 6.41. The van der Waals surface area contributed by atoms with E-state index in [1.54, 1.807) is 28.8 Å². The van der Waals surface area contributed by atoms with Crippen molar-refractivity contribution in [2.24, 2.45) is 0 Å². The van der Waals surface area contributed by atoms with Gasteiger partial charge < -0.3 is 10.4 Å². The number of thioether (sulfide) groups is 1. The zero-order chi connectivity index (χ0) is 13.4. The van der Waals surface area contributed by atoms with E-state index in [2.05, 4.69) is 10.3 Å².